The smallest absolute Gasteiger partial charge is 0.250 e. The van der Waals surface area contributed by atoms with Crippen molar-refractivity contribution in [3.8, 4) is 0 Å². The predicted octanol–water partition coefficient (Wildman–Crippen LogP) is 2.00. The van der Waals surface area contributed by atoms with Gasteiger partial charge in [-0.15, -0.1) is 0 Å². The second-order valence-corrected chi connectivity index (χ2v) is 6.53. The van der Waals surface area contributed by atoms with Crippen LogP contribution >= 0.6 is 0 Å². The average molecular weight is 350 g/mol. The highest BCUT2D eigenvalue weighted by Crippen LogP contribution is 2.31. The summed E-state index contributed by atoms with van der Waals surface area (Å²) in [6.45, 7) is 1.44. The molecule has 2 aromatic rings. The minimum atomic E-state index is -0.704. The van der Waals surface area contributed by atoms with E-state index in [2.05, 4.69) is 10.3 Å². The quantitative estimate of drug-likeness (QED) is 0.447. The summed E-state index contributed by atoms with van der Waals surface area (Å²) in [4.78, 5) is 15.6. The molecule has 1 fully saturated rings. The Morgan fingerprint density at radius 1 is 1.35 bits per heavy atom. The van der Waals surface area contributed by atoms with Gasteiger partial charge in [0.05, 0.1) is 24.8 Å². The molecule has 0 bridgehead atoms. The van der Waals surface area contributed by atoms with Gasteiger partial charge in [0.25, 0.3) is 5.91 Å². The molecule has 1 unspecified atom stereocenters. The number of hydrogen-bond donors (Lipinski definition) is 3. The molecule has 0 aromatic heterocycles. The monoisotopic (exact) mass is 350 g/mol. The lowest BCUT2D eigenvalue weighted by atomic mass is 9.60. The molecule has 1 atom stereocenters. The zero-order chi connectivity index (χ0) is 18.7. The summed E-state index contributed by atoms with van der Waals surface area (Å²) in [6.07, 6.45) is 3.12. The number of carbonyl (C=O) groups excluding carboxylic acids is 1. The Bertz CT molecular complexity index is 863. The molecular formula is C19H20BFN4O. The van der Waals surface area contributed by atoms with Gasteiger partial charge in [-0.05, 0) is 55.0 Å². The SMILES string of the molecule is [B]C1(c2ccc(N=Cc3cccc(C(N)=O)c3N)cc2F)CCCNC1. The van der Waals surface area contributed by atoms with Gasteiger partial charge in [-0.25, -0.2) is 4.39 Å². The van der Waals surface area contributed by atoms with Crippen LogP contribution in [0.4, 0.5) is 15.8 Å². The highest BCUT2D eigenvalue weighted by Gasteiger charge is 2.30. The van der Waals surface area contributed by atoms with E-state index in [1.54, 1.807) is 30.3 Å². The Labute approximate surface area is 153 Å². The normalized spacial score (nSPS) is 20.3. The van der Waals surface area contributed by atoms with E-state index >= 15 is 0 Å². The second-order valence-electron chi connectivity index (χ2n) is 6.53. The maximum Gasteiger partial charge on any atom is 0.250 e. The minimum Gasteiger partial charge on any atom is -0.398 e. The topological polar surface area (TPSA) is 93.5 Å². The van der Waals surface area contributed by atoms with Crippen LogP contribution in [0.3, 0.4) is 0 Å². The Morgan fingerprint density at radius 3 is 2.81 bits per heavy atom. The standard InChI is InChI=1S/C19H20BFN4O/c20-19(7-2-8-24-11-19)15-6-5-13(9-16(15)21)25-10-12-3-1-4-14(17(12)22)18(23)26/h1,3-6,9-10,24H,2,7-8,11,22H2,(H2,23,26). The summed E-state index contributed by atoms with van der Waals surface area (Å²) in [5.41, 5.74) is 13.1. The number of nitrogens with two attached hydrogens (primary N) is 2. The van der Waals surface area contributed by atoms with Gasteiger partial charge in [0, 0.05) is 11.8 Å². The van der Waals surface area contributed by atoms with E-state index in [-0.39, 0.29) is 17.1 Å². The fraction of sp³-hybridized carbons (Fsp3) is 0.263. The number of nitrogen functional groups attached to an aromatic ring is 1. The van der Waals surface area contributed by atoms with Gasteiger partial charge in [0.1, 0.15) is 5.82 Å². The summed E-state index contributed by atoms with van der Waals surface area (Å²) < 4.78 is 14.6. The van der Waals surface area contributed by atoms with Crippen molar-refractivity contribution in [1.29, 1.82) is 0 Å². The molecular weight excluding hydrogens is 330 g/mol. The summed E-state index contributed by atoms with van der Waals surface area (Å²) in [5, 5.41) is 2.51. The third kappa shape index (κ3) is 3.62. The number of amides is 1. The van der Waals surface area contributed by atoms with Gasteiger partial charge in [-0.1, -0.05) is 18.2 Å². The lowest BCUT2D eigenvalue weighted by Gasteiger charge is -2.35. The molecule has 1 aliphatic heterocycles. The molecule has 5 nitrogen and oxygen atoms in total. The number of nitrogens with zero attached hydrogens (tertiary/aromatic N) is 1. The van der Waals surface area contributed by atoms with Crippen LogP contribution in [0.25, 0.3) is 0 Å². The maximum absolute atomic E-state index is 14.6. The molecule has 1 saturated heterocycles. The molecule has 7 heteroatoms. The van der Waals surface area contributed by atoms with Gasteiger partial charge >= 0.3 is 0 Å². The first kappa shape index (κ1) is 18.1. The van der Waals surface area contributed by atoms with Crippen LogP contribution in [0, 0.1) is 5.82 Å². The van der Waals surface area contributed by atoms with Crippen LogP contribution in [0.2, 0.25) is 0 Å². The van der Waals surface area contributed by atoms with Crippen LogP contribution in [0.15, 0.2) is 41.4 Å². The molecule has 1 amide bonds. The highest BCUT2D eigenvalue weighted by atomic mass is 19.1. The van der Waals surface area contributed by atoms with Crippen LogP contribution in [0.5, 0.6) is 0 Å². The molecule has 1 aliphatic rings. The fourth-order valence-electron chi connectivity index (χ4n) is 3.20. The number of benzene rings is 2. The largest absolute Gasteiger partial charge is 0.398 e. The van der Waals surface area contributed by atoms with Crippen molar-refractivity contribution in [2.45, 2.75) is 18.2 Å². The van der Waals surface area contributed by atoms with Gasteiger partial charge in [-0.3, -0.25) is 9.79 Å². The van der Waals surface area contributed by atoms with Crippen molar-refractivity contribution in [2.24, 2.45) is 10.7 Å². The zero-order valence-electron chi connectivity index (χ0n) is 14.3. The zero-order valence-corrected chi connectivity index (χ0v) is 14.3. The molecule has 2 radical (unpaired) electrons. The fourth-order valence-corrected chi connectivity index (χ4v) is 3.20. The first-order valence-electron chi connectivity index (χ1n) is 8.43. The average Bonchev–Trinajstić information content (AvgIpc) is 2.61. The van der Waals surface area contributed by atoms with E-state index in [0.29, 0.717) is 23.4 Å². The van der Waals surface area contributed by atoms with Crippen molar-refractivity contribution in [1.82, 2.24) is 5.32 Å². The van der Waals surface area contributed by atoms with Gasteiger partial charge in [0.15, 0.2) is 0 Å². The van der Waals surface area contributed by atoms with Crippen LogP contribution in [-0.4, -0.2) is 33.1 Å². The summed E-state index contributed by atoms with van der Waals surface area (Å²) >= 11 is 0. The van der Waals surface area contributed by atoms with Crippen molar-refractivity contribution in [3.63, 3.8) is 0 Å². The Balaban J connectivity index is 1.85. The molecule has 0 aliphatic carbocycles. The number of primary amides is 1. The third-order valence-electron chi connectivity index (χ3n) is 4.66. The number of rotatable bonds is 4. The first-order valence-corrected chi connectivity index (χ1v) is 8.43. The van der Waals surface area contributed by atoms with Crippen LogP contribution in [-0.2, 0) is 5.31 Å². The van der Waals surface area contributed by atoms with E-state index < -0.39 is 11.2 Å². The molecule has 3 rings (SSSR count). The lowest BCUT2D eigenvalue weighted by molar-refractivity contribution is 0.100. The van der Waals surface area contributed by atoms with Gasteiger partial charge in [0.2, 0.25) is 0 Å². The molecule has 2 aromatic carbocycles. The molecule has 26 heavy (non-hydrogen) atoms. The van der Waals surface area contributed by atoms with E-state index in [0.717, 1.165) is 19.4 Å². The Kier molecular flexibility index (Phi) is 5.09. The van der Waals surface area contributed by atoms with E-state index in [1.165, 1.54) is 12.3 Å². The van der Waals surface area contributed by atoms with Crippen molar-refractivity contribution < 1.29 is 9.18 Å². The number of para-hydroxylation sites is 1. The number of halogens is 1. The van der Waals surface area contributed by atoms with Crippen molar-refractivity contribution in [3.05, 3.63) is 58.9 Å². The molecule has 5 N–H and O–H groups in total. The van der Waals surface area contributed by atoms with Gasteiger partial charge in [-0.2, -0.15) is 0 Å². The molecule has 132 valence electrons. The number of hydrogen-bond acceptors (Lipinski definition) is 4. The maximum atomic E-state index is 14.6. The molecule has 0 saturated carbocycles. The van der Waals surface area contributed by atoms with Crippen LogP contribution in [0.1, 0.15) is 34.3 Å². The van der Waals surface area contributed by atoms with Crippen LogP contribution < -0.4 is 16.8 Å². The predicted molar refractivity (Wildman–Crippen MR) is 103 cm³/mol. The van der Waals surface area contributed by atoms with Crippen molar-refractivity contribution in [2.75, 3.05) is 18.8 Å². The van der Waals surface area contributed by atoms with Gasteiger partial charge < -0.3 is 16.8 Å². The van der Waals surface area contributed by atoms with E-state index in [9.17, 15) is 9.18 Å². The molecule has 1 heterocycles. The minimum absolute atomic E-state index is 0.227. The lowest BCUT2D eigenvalue weighted by Crippen LogP contribution is -2.44. The third-order valence-corrected chi connectivity index (χ3v) is 4.66. The number of nitrogens with one attached hydrogen (secondary N) is 1. The van der Waals surface area contributed by atoms with E-state index in [1.807, 2.05) is 0 Å². The second kappa shape index (κ2) is 7.29. The summed E-state index contributed by atoms with van der Waals surface area (Å²) in [5.74, 6) is -0.993. The summed E-state index contributed by atoms with van der Waals surface area (Å²) in [6, 6.07) is 9.66. The Hall–Kier alpha value is -2.67. The van der Waals surface area contributed by atoms with E-state index in [4.69, 9.17) is 19.3 Å². The summed E-state index contributed by atoms with van der Waals surface area (Å²) in [7, 11) is 6.36. The number of piperidine rings is 1. The highest BCUT2D eigenvalue weighted by molar-refractivity contribution is 6.16. The van der Waals surface area contributed by atoms with Crippen molar-refractivity contribution >= 4 is 31.3 Å². The molecule has 0 spiro atoms. The first-order chi connectivity index (χ1) is 12.4. The number of anilines is 1. The number of aliphatic imine (C=N–C) groups is 1. The number of carbonyl (C=O) groups is 1. The Morgan fingerprint density at radius 2 is 2.15 bits per heavy atom.